The van der Waals surface area contributed by atoms with Gasteiger partial charge in [-0.05, 0) is 18.6 Å². The van der Waals surface area contributed by atoms with Gasteiger partial charge in [-0.25, -0.2) is 4.79 Å². The van der Waals surface area contributed by atoms with Gasteiger partial charge in [0.05, 0.1) is 23.7 Å². The zero-order chi connectivity index (χ0) is 14.7. The lowest BCUT2D eigenvalue weighted by Gasteiger charge is -2.18. The van der Waals surface area contributed by atoms with Crippen molar-refractivity contribution in [3.63, 3.8) is 0 Å². The SMILES string of the molecule is COC(=O)c1ccc([N+](=O)[O-])c(N2CCC(OC)C2)c1. The van der Waals surface area contributed by atoms with Gasteiger partial charge in [0.25, 0.3) is 5.69 Å². The Balaban J connectivity index is 2.37. The number of nitro groups is 1. The minimum Gasteiger partial charge on any atom is -0.465 e. The van der Waals surface area contributed by atoms with Gasteiger partial charge in [-0.3, -0.25) is 10.1 Å². The van der Waals surface area contributed by atoms with E-state index in [9.17, 15) is 14.9 Å². The van der Waals surface area contributed by atoms with Crippen molar-refractivity contribution >= 4 is 17.3 Å². The van der Waals surface area contributed by atoms with E-state index in [4.69, 9.17) is 4.74 Å². The van der Waals surface area contributed by atoms with E-state index < -0.39 is 10.9 Å². The molecule has 0 aliphatic carbocycles. The molecule has 0 amide bonds. The van der Waals surface area contributed by atoms with E-state index in [0.29, 0.717) is 24.3 Å². The van der Waals surface area contributed by atoms with Crippen LogP contribution in [0.4, 0.5) is 11.4 Å². The zero-order valence-corrected chi connectivity index (χ0v) is 11.4. The van der Waals surface area contributed by atoms with Crippen LogP contribution in [0.2, 0.25) is 0 Å². The smallest absolute Gasteiger partial charge is 0.337 e. The summed E-state index contributed by atoms with van der Waals surface area (Å²) in [6.45, 7) is 1.23. The second-order valence-electron chi connectivity index (χ2n) is 4.54. The Morgan fingerprint density at radius 2 is 2.20 bits per heavy atom. The molecule has 1 atom stereocenters. The topological polar surface area (TPSA) is 81.9 Å². The number of rotatable bonds is 4. The molecule has 1 aliphatic heterocycles. The predicted octanol–water partition coefficient (Wildman–Crippen LogP) is 1.61. The van der Waals surface area contributed by atoms with Gasteiger partial charge in [-0.2, -0.15) is 0 Å². The van der Waals surface area contributed by atoms with Crippen molar-refractivity contribution in [2.75, 3.05) is 32.2 Å². The summed E-state index contributed by atoms with van der Waals surface area (Å²) in [4.78, 5) is 24.1. The lowest BCUT2D eigenvalue weighted by Crippen LogP contribution is -2.23. The molecule has 1 aliphatic rings. The number of hydrogen-bond donors (Lipinski definition) is 0. The van der Waals surface area contributed by atoms with Crippen LogP contribution < -0.4 is 4.90 Å². The van der Waals surface area contributed by atoms with Crippen molar-refractivity contribution in [1.29, 1.82) is 0 Å². The summed E-state index contributed by atoms with van der Waals surface area (Å²) >= 11 is 0. The Hall–Kier alpha value is -2.15. The van der Waals surface area contributed by atoms with Crippen molar-refractivity contribution in [1.82, 2.24) is 0 Å². The Morgan fingerprint density at radius 3 is 2.75 bits per heavy atom. The molecule has 0 spiro atoms. The number of carbonyl (C=O) groups is 1. The van der Waals surface area contributed by atoms with Crippen LogP contribution in [0.3, 0.4) is 0 Å². The van der Waals surface area contributed by atoms with Crippen LogP contribution in [0.15, 0.2) is 18.2 Å². The van der Waals surface area contributed by atoms with Gasteiger partial charge in [0.1, 0.15) is 5.69 Å². The molecule has 108 valence electrons. The number of benzene rings is 1. The summed E-state index contributed by atoms with van der Waals surface area (Å²) in [5, 5.41) is 11.1. The molecule has 1 heterocycles. The molecule has 0 bridgehead atoms. The maximum absolute atomic E-state index is 11.5. The van der Waals surface area contributed by atoms with Crippen molar-refractivity contribution in [2.24, 2.45) is 0 Å². The van der Waals surface area contributed by atoms with Gasteiger partial charge in [0, 0.05) is 26.3 Å². The van der Waals surface area contributed by atoms with E-state index in [0.717, 1.165) is 6.42 Å². The van der Waals surface area contributed by atoms with Crippen molar-refractivity contribution < 1.29 is 19.2 Å². The van der Waals surface area contributed by atoms with Gasteiger partial charge in [0.15, 0.2) is 0 Å². The maximum atomic E-state index is 11.5. The number of anilines is 1. The fourth-order valence-electron chi connectivity index (χ4n) is 2.32. The Morgan fingerprint density at radius 1 is 1.45 bits per heavy atom. The van der Waals surface area contributed by atoms with E-state index in [1.165, 1.54) is 25.3 Å². The molecule has 0 N–H and O–H groups in total. The van der Waals surface area contributed by atoms with Crippen LogP contribution in [0.5, 0.6) is 0 Å². The number of carbonyl (C=O) groups excluding carboxylic acids is 1. The highest BCUT2D eigenvalue weighted by molar-refractivity contribution is 5.91. The molecule has 1 unspecified atom stereocenters. The third kappa shape index (κ3) is 2.72. The molecule has 0 aromatic heterocycles. The van der Waals surface area contributed by atoms with E-state index in [1.807, 2.05) is 4.90 Å². The van der Waals surface area contributed by atoms with Crippen LogP contribution in [0, 0.1) is 10.1 Å². The molecule has 0 radical (unpaired) electrons. The maximum Gasteiger partial charge on any atom is 0.337 e. The molecule has 2 rings (SSSR count). The van der Waals surface area contributed by atoms with Crippen molar-refractivity contribution in [2.45, 2.75) is 12.5 Å². The van der Waals surface area contributed by atoms with E-state index in [-0.39, 0.29) is 11.8 Å². The molecule has 20 heavy (non-hydrogen) atoms. The van der Waals surface area contributed by atoms with Gasteiger partial charge < -0.3 is 14.4 Å². The number of ether oxygens (including phenoxy) is 2. The monoisotopic (exact) mass is 280 g/mol. The number of nitrogens with zero attached hydrogens (tertiary/aromatic N) is 2. The van der Waals surface area contributed by atoms with E-state index in [2.05, 4.69) is 4.74 Å². The normalized spacial score (nSPS) is 18.1. The predicted molar refractivity (Wildman–Crippen MR) is 72.1 cm³/mol. The fourth-order valence-corrected chi connectivity index (χ4v) is 2.32. The largest absolute Gasteiger partial charge is 0.465 e. The third-order valence-electron chi connectivity index (χ3n) is 3.41. The average Bonchev–Trinajstić information content (AvgIpc) is 2.94. The van der Waals surface area contributed by atoms with Crippen LogP contribution >= 0.6 is 0 Å². The summed E-state index contributed by atoms with van der Waals surface area (Å²) in [5.41, 5.74) is 0.709. The second kappa shape index (κ2) is 5.87. The first kappa shape index (κ1) is 14.3. The number of nitro benzene ring substituents is 1. The van der Waals surface area contributed by atoms with Gasteiger partial charge in [-0.1, -0.05) is 0 Å². The number of methoxy groups -OCH3 is 2. The molecule has 1 saturated heterocycles. The highest BCUT2D eigenvalue weighted by Gasteiger charge is 2.28. The second-order valence-corrected chi connectivity index (χ2v) is 4.54. The first-order chi connectivity index (χ1) is 9.56. The fraction of sp³-hybridized carbons (Fsp3) is 0.462. The summed E-state index contributed by atoms with van der Waals surface area (Å²) < 4.78 is 9.90. The highest BCUT2D eigenvalue weighted by Crippen LogP contribution is 2.32. The molecule has 1 aromatic rings. The summed E-state index contributed by atoms with van der Waals surface area (Å²) in [6.07, 6.45) is 0.854. The molecule has 1 fully saturated rings. The highest BCUT2D eigenvalue weighted by atomic mass is 16.6. The Bertz CT molecular complexity index is 531. The molecule has 7 heteroatoms. The van der Waals surface area contributed by atoms with Crippen LogP contribution in [0.25, 0.3) is 0 Å². The standard InChI is InChI=1S/C13H16N2O5/c1-19-10-5-6-14(8-10)12-7-9(13(16)20-2)3-4-11(12)15(17)18/h3-4,7,10H,5-6,8H2,1-2H3. The van der Waals surface area contributed by atoms with Gasteiger partial charge >= 0.3 is 5.97 Å². The quantitative estimate of drug-likeness (QED) is 0.473. The van der Waals surface area contributed by atoms with Gasteiger partial charge in [0.2, 0.25) is 0 Å². The average molecular weight is 280 g/mol. The van der Waals surface area contributed by atoms with Crippen molar-refractivity contribution in [3.8, 4) is 0 Å². The summed E-state index contributed by atoms with van der Waals surface area (Å²) in [6, 6.07) is 4.24. The number of esters is 1. The Kier molecular flexibility index (Phi) is 4.19. The van der Waals surface area contributed by atoms with E-state index >= 15 is 0 Å². The Labute approximate surface area is 116 Å². The molecular weight excluding hydrogens is 264 g/mol. The minimum absolute atomic E-state index is 0.0191. The lowest BCUT2D eigenvalue weighted by atomic mass is 10.1. The first-order valence-corrected chi connectivity index (χ1v) is 6.21. The molecule has 0 saturated carbocycles. The third-order valence-corrected chi connectivity index (χ3v) is 3.41. The number of hydrogen-bond acceptors (Lipinski definition) is 6. The summed E-state index contributed by atoms with van der Waals surface area (Å²) in [5.74, 6) is -0.511. The lowest BCUT2D eigenvalue weighted by molar-refractivity contribution is -0.384. The molecule has 7 nitrogen and oxygen atoms in total. The van der Waals surface area contributed by atoms with E-state index in [1.54, 1.807) is 7.11 Å². The minimum atomic E-state index is -0.511. The first-order valence-electron chi connectivity index (χ1n) is 6.21. The van der Waals surface area contributed by atoms with Crippen LogP contribution in [0.1, 0.15) is 16.8 Å². The zero-order valence-electron chi connectivity index (χ0n) is 11.4. The van der Waals surface area contributed by atoms with Crippen molar-refractivity contribution in [3.05, 3.63) is 33.9 Å². The molecule has 1 aromatic carbocycles. The van der Waals surface area contributed by atoms with Crippen LogP contribution in [-0.2, 0) is 9.47 Å². The molecular formula is C13H16N2O5. The van der Waals surface area contributed by atoms with Crippen LogP contribution in [-0.4, -0.2) is 44.3 Å². The van der Waals surface area contributed by atoms with Gasteiger partial charge in [-0.15, -0.1) is 0 Å². The summed E-state index contributed by atoms with van der Waals surface area (Å²) in [7, 11) is 2.90.